The number of pyridine rings is 2. The van der Waals surface area contributed by atoms with E-state index in [-0.39, 0.29) is 31.0 Å². The monoisotopic (exact) mass is 456 g/mol. The van der Waals surface area contributed by atoms with Crippen LogP contribution < -0.4 is 10.9 Å². The maximum atomic E-state index is 13.8. The molecule has 1 aromatic carbocycles. The van der Waals surface area contributed by atoms with E-state index in [0.29, 0.717) is 23.1 Å². The first-order valence-corrected chi connectivity index (χ1v) is 10.2. The van der Waals surface area contributed by atoms with Gasteiger partial charge >= 0.3 is 0 Å². The Morgan fingerprint density at radius 3 is 2.61 bits per heavy atom. The number of carbonyl (C=O) groups excluding carboxylic acids is 2. The maximum absolute atomic E-state index is 13.8. The number of amides is 2. The van der Waals surface area contributed by atoms with Crippen molar-refractivity contribution in [2.24, 2.45) is 7.05 Å². The Labute approximate surface area is 189 Å². The minimum absolute atomic E-state index is 0.0344. The van der Waals surface area contributed by atoms with E-state index >= 15 is 0 Å². The van der Waals surface area contributed by atoms with Crippen molar-refractivity contribution in [3.8, 4) is 5.75 Å². The average Bonchev–Trinajstić information content (AvgIpc) is 2.77. The van der Waals surface area contributed by atoms with Crippen molar-refractivity contribution in [1.82, 2.24) is 19.8 Å². The van der Waals surface area contributed by atoms with Gasteiger partial charge in [-0.2, -0.15) is 0 Å². The lowest BCUT2D eigenvalue weighted by Gasteiger charge is -2.15. The number of carbonyl (C=O) groups is 2. The fraction of sp³-hybridized carbons (Fsp3) is 0.304. The van der Waals surface area contributed by atoms with Crippen LogP contribution in [-0.2, 0) is 24.7 Å². The van der Waals surface area contributed by atoms with E-state index in [4.69, 9.17) is 5.11 Å². The smallest absolute Gasteiger partial charge is 0.267 e. The summed E-state index contributed by atoms with van der Waals surface area (Å²) in [5.74, 6) is -1.97. The summed E-state index contributed by atoms with van der Waals surface area (Å²) in [4.78, 5) is 42.8. The van der Waals surface area contributed by atoms with Gasteiger partial charge in [-0.25, -0.2) is 4.39 Å². The summed E-state index contributed by atoms with van der Waals surface area (Å²) in [5, 5.41) is 21.8. The van der Waals surface area contributed by atoms with Crippen molar-refractivity contribution in [2.75, 3.05) is 27.2 Å². The summed E-state index contributed by atoms with van der Waals surface area (Å²) in [6, 6.07) is 5.89. The first-order chi connectivity index (χ1) is 15.6. The highest BCUT2D eigenvalue weighted by Gasteiger charge is 2.22. The number of aliphatic hydroxyl groups excluding tert-OH is 1. The number of halogens is 1. The van der Waals surface area contributed by atoms with Crippen molar-refractivity contribution in [1.29, 1.82) is 0 Å². The SMILES string of the molecule is CN(C)C(=O)Cc1cc(F)ccc1Cc1cnc2c(O)c(C(=O)NCCO)c(=O)n(C)c2c1. The molecule has 174 valence electrons. The molecule has 0 aliphatic carbocycles. The minimum Gasteiger partial charge on any atom is -0.505 e. The normalized spacial score (nSPS) is 10.9. The van der Waals surface area contributed by atoms with Gasteiger partial charge in [0.2, 0.25) is 5.91 Å². The van der Waals surface area contributed by atoms with Crippen LogP contribution in [0.15, 0.2) is 35.3 Å². The average molecular weight is 456 g/mol. The van der Waals surface area contributed by atoms with Crippen molar-refractivity contribution in [3.63, 3.8) is 0 Å². The van der Waals surface area contributed by atoms with Crippen LogP contribution in [0.1, 0.15) is 27.0 Å². The predicted molar refractivity (Wildman–Crippen MR) is 120 cm³/mol. The van der Waals surface area contributed by atoms with E-state index in [9.17, 15) is 23.9 Å². The van der Waals surface area contributed by atoms with E-state index in [1.807, 2.05) is 0 Å². The number of aryl methyl sites for hydroxylation is 1. The van der Waals surface area contributed by atoms with E-state index in [1.54, 1.807) is 26.2 Å². The molecule has 0 unspecified atom stereocenters. The first kappa shape index (κ1) is 23.9. The third-order valence-electron chi connectivity index (χ3n) is 5.29. The largest absolute Gasteiger partial charge is 0.505 e. The van der Waals surface area contributed by atoms with Gasteiger partial charge in [-0.1, -0.05) is 6.07 Å². The summed E-state index contributed by atoms with van der Waals surface area (Å²) >= 11 is 0. The number of likely N-dealkylation sites (N-methyl/N-ethyl adjacent to an activating group) is 1. The molecule has 2 amide bonds. The molecule has 0 saturated carbocycles. The molecule has 3 N–H and O–H groups in total. The molecular formula is C23H25FN4O5. The molecule has 0 aliphatic heterocycles. The van der Waals surface area contributed by atoms with Crippen LogP contribution in [0.25, 0.3) is 11.0 Å². The number of hydrogen-bond acceptors (Lipinski definition) is 6. The highest BCUT2D eigenvalue weighted by atomic mass is 19.1. The molecular weight excluding hydrogens is 431 g/mol. The Balaban J connectivity index is 2.02. The van der Waals surface area contributed by atoms with Gasteiger partial charge < -0.3 is 25.0 Å². The van der Waals surface area contributed by atoms with Gasteiger partial charge in [0, 0.05) is 33.9 Å². The van der Waals surface area contributed by atoms with Gasteiger partial charge in [0.05, 0.1) is 18.5 Å². The number of aromatic hydroxyl groups is 1. The number of nitrogens with one attached hydrogen (secondary N) is 1. The van der Waals surface area contributed by atoms with Crippen molar-refractivity contribution < 1.29 is 24.2 Å². The van der Waals surface area contributed by atoms with Gasteiger partial charge in [0.25, 0.3) is 11.5 Å². The quantitative estimate of drug-likeness (QED) is 0.481. The third-order valence-corrected chi connectivity index (χ3v) is 5.29. The van der Waals surface area contributed by atoms with Crippen LogP contribution in [0.5, 0.6) is 5.75 Å². The summed E-state index contributed by atoms with van der Waals surface area (Å²) in [6.45, 7) is -0.379. The highest BCUT2D eigenvalue weighted by Crippen LogP contribution is 2.26. The van der Waals surface area contributed by atoms with E-state index in [2.05, 4.69) is 10.3 Å². The zero-order chi connectivity index (χ0) is 24.3. The molecule has 0 radical (unpaired) electrons. The molecule has 33 heavy (non-hydrogen) atoms. The number of aliphatic hydroxyl groups is 1. The van der Waals surface area contributed by atoms with E-state index in [0.717, 1.165) is 5.56 Å². The second-order valence-corrected chi connectivity index (χ2v) is 7.83. The number of benzene rings is 1. The molecule has 2 aromatic heterocycles. The van der Waals surface area contributed by atoms with Crippen LogP contribution in [0.4, 0.5) is 4.39 Å². The highest BCUT2D eigenvalue weighted by molar-refractivity contribution is 6.01. The minimum atomic E-state index is -0.809. The molecule has 0 spiro atoms. The Morgan fingerprint density at radius 1 is 1.21 bits per heavy atom. The Morgan fingerprint density at radius 2 is 1.94 bits per heavy atom. The predicted octanol–water partition coefficient (Wildman–Crippen LogP) is 0.722. The lowest BCUT2D eigenvalue weighted by molar-refractivity contribution is -0.127. The Hall–Kier alpha value is -3.79. The number of aromatic nitrogens is 2. The molecule has 2 heterocycles. The first-order valence-electron chi connectivity index (χ1n) is 10.2. The van der Waals surface area contributed by atoms with Crippen LogP contribution in [-0.4, -0.2) is 63.7 Å². The van der Waals surface area contributed by atoms with Gasteiger partial charge in [0.1, 0.15) is 16.9 Å². The van der Waals surface area contributed by atoms with Crippen LogP contribution >= 0.6 is 0 Å². The molecule has 3 rings (SSSR count). The van der Waals surface area contributed by atoms with Crippen molar-refractivity contribution >= 4 is 22.8 Å². The summed E-state index contributed by atoms with van der Waals surface area (Å²) in [6.07, 6.45) is 1.84. The molecule has 0 atom stereocenters. The summed E-state index contributed by atoms with van der Waals surface area (Å²) in [5.41, 5.74) is 1.14. The van der Waals surface area contributed by atoms with E-state index < -0.39 is 28.6 Å². The Bertz CT molecular complexity index is 1290. The van der Waals surface area contributed by atoms with Gasteiger partial charge in [-0.15, -0.1) is 0 Å². The molecule has 0 aliphatic rings. The summed E-state index contributed by atoms with van der Waals surface area (Å²) < 4.78 is 15.0. The van der Waals surface area contributed by atoms with Crippen LogP contribution in [0, 0.1) is 5.82 Å². The van der Waals surface area contributed by atoms with Gasteiger partial charge in [-0.3, -0.25) is 19.4 Å². The number of hydrogen-bond donors (Lipinski definition) is 3. The fourth-order valence-corrected chi connectivity index (χ4v) is 3.46. The zero-order valence-corrected chi connectivity index (χ0v) is 18.6. The maximum Gasteiger partial charge on any atom is 0.267 e. The van der Waals surface area contributed by atoms with Gasteiger partial charge in [0.15, 0.2) is 5.75 Å². The third kappa shape index (κ3) is 5.01. The van der Waals surface area contributed by atoms with Crippen molar-refractivity contribution in [3.05, 3.63) is 68.9 Å². The Kier molecular flexibility index (Phi) is 7.07. The number of rotatable bonds is 7. The molecule has 0 bridgehead atoms. The number of fused-ring (bicyclic) bond motifs is 1. The topological polar surface area (TPSA) is 125 Å². The molecule has 0 saturated heterocycles. The van der Waals surface area contributed by atoms with Crippen molar-refractivity contribution in [2.45, 2.75) is 12.8 Å². The van der Waals surface area contributed by atoms with Crippen LogP contribution in [0.3, 0.4) is 0 Å². The second kappa shape index (κ2) is 9.78. The molecule has 10 heteroatoms. The summed E-state index contributed by atoms with van der Waals surface area (Å²) in [7, 11) is 4.71. The molecule has 0 fully saturated rings. The second-order valence-electron chi connectivity index (χ2n) is 7.83. The number of nitrogens with zero attached hydrogens (tertiary/aromatic N) is 3. The molecule has 9 nitrogen and oxygen atoms in total. The zero-order valence-electron chi connectivity index (χ0n) is 18.6. The standard InChI is InChI=1S/C23H25FN4O5/c1-27(2)18(30)11-15-10-16(24)5-4-14(15)8-13-9-17-20(26-12-13)21(31)19(23(33)28(17)3)22(32)25-6-7-29/h4-5,9-10,12,29,31H,6-8,11H2,1-3H3,(H,25,32). The molecule has 3 aromatic rings. The lowest BCUT2D eigenvalue weighted by atomic mass is 9.97. The van der Waals surface area contributed by atoms with E-state index in [1.165, 1.54) is 34.8 Å². The van der Waals surface area contributed by atoms with Crippen LogP contribution in [0.2, 0.25) is 0 Å². The van der Waals surface area contributed by atoms with Gasteiger partial charge in [-0.05, 0) is 41.3 Å². The lowest BCUT2D eigenvalue weighted by Crippen LogP contribution is -2.34. The fourth-order valence-electron chi connectivity index (χ4n) is 3.46.